The molecule has 0 saturated heterocycles. The second kappa shape index (κ2) is 46.5. The zero-order chi connectivity index (χ0) is 47.2. The quantitative estimate of drug-likeness (QED) is 0.0401. The summed E-state index contributed by atoms with van der Waals surface area (Å²) in [6, 6.07) is -1.01. The van der Waals surface area contributed by atoms with Gasteiger partial charge in [-0.05, 0) is 58.8 Å². The van der Waals surface area contributed by atoms with Crippen molar-refractivity contribution in [1.82, 2.24) is 16.0 Å². The van der Waals surface area contributed by atoms with E-state index < -0.39 is 24.6 Å². The fraction of sp³-hybridized carbons (Fsp3) is 0.848. The van der Waals surface area contributed by atoms with Gasteiger partial charge >= 0.3 is 11.9 Å². The van der Waals surface area contributed by atoms with E-state index in [0.29, 0.717) is 84.6 Å². The average molecular weight is 904 g/mol. The molecule has 0 aromatic carbocycles. The van der Waals surface area contributed by atoms with Crippen LogP contribution in [-0.4, -0.2) is 135 Å². The van der Waals surface area contributed by atoms with E-state index in [1.54, 1.807) is 0 Å². The lowest BCUT2D eigenvalue weighted by molar-refractivity contribution is -0.142. The van der Waals surface area contributed by atoms with Crippen molar-refractivity contribution in [2.24, 2.45) is 5.92 Å². The summed E-state index contributed by atoms with van der Waals surface area (Å²) in [5.41, 5.74) is 0. The normalized spacial score (nSPS) is 11.8. The number of carbonyl (C=O) groups excluding carboxylic acids is 5. The van der Waals surface area contributed by atoms with E-state index in [0.717, 1.165) is 44.9 Å². The van der Waals surface area contributed by atoms with Gasteiger partial charge in [0.15, 0.2) is 5.78 Å². The van der Waals surface area contributed by atoms with E-state index >= 15 is 0 Å². The molecule has 63 heavy (non-hydrogen) atoms. The van der Waals surface area contributed by atoms with Gasteiger partial charge in [-0.2, -0.15) is 0 Å². The minimum absolute atomic E-state index is 0.000154. The summed E-state index contributed by atoms with van der Waals surface area (Å²) < 4.78 is 20.6. The Balaban J connectivity index is 0. The fourth-order valence-corrected chi connectivity index (χ4v) is 6.40. The van der Waals surface area contributed by atoms with Crippen molar-refractivity contribution in [3.63, 3.8) is 0 Å². The number of ketones is 2. The highest BCUT2D eigenvalue weighted by Crippen LogP contribution is 2.14. The molecular formula is C46H85N3O14. The number of aliphatic hydroxyl groups excluding tert-OH is 1. The molecule has 6 N–H and O–H groups in total. The van der Waals surface area contributed by atoms with Crippen LogP contribution in [0.5, 0.6) is 0 Å². The molecule has 368 valence electrons. The predicted octanol–water partition coefficient (Wildman–Crippen LogP) is 5.70. The lowest BCUT2D eigenvalue weighted by Crippen LogP contribution is -2.41. The molecular weight excluding hydrogens is 819 g/mol. The van der Waals surface area contributed by atoms with Gasteiger partial charge in [0.1, 0.15) is 31.6 Å². The third-order valence-corrected chi connectivity index (χ3v) is 10.1. The van der Waals surface area contributed by atoms with Crippen LogP contribution in [0.25, 0.3) is 0 Å². The number of ether oxygens (including phenoxy) is 4. The predicted molar refractivity (Wildman–Crippen MR) is 240 cm³/mol. The molecule has 0 rings (SSSR count). The van der Waals surface area contributed by atoms with Gasteiger partial charge in [-0.1, -0.05) is 84.0 Å². The van der Waals surface area contributed by atoms with Gasteiger partial charge in [0, 0.05) is 64.5 Å². The van der Waals surface area contributed by atoms with E-state index in [2.05, 4.69) is 16.0 Å². The van der Waals surface area contributed by atoms with Crippen molar-refractivity contribution in [2.45, 2.75) is 174 Å². The maximum atomic E-state index is 12.1. The van der Waals surface area contributed by atoms with E-state index in [4.69, 9.17) is 29.2 Å². The topological polar surface area (TPSA) is 253 Å². The summed E-state index contributed by atoms with van der Waals surface area (Å²) in [4.78, 5) is 80.1. The number of aliphatic carboxylic acids is 2. The molecule has 0 bridgehead atoms. The third kappa shape index (κ3) is 44.9. The summed E-state index contributed by atoms with van der Waals surface area (Å²) in [5, 5.41) is 34.7. The summed E-state index contributed by atoms with van der Waals surface area (Å²) in [7, 11) is 0. The van der Waals surface area contributed by atoms with Crippen LogP contribution in [0.3, 0.4) is 0 Å². The number of Topliss-reactive ketones (excluding diaryl/α,β-unsaturated/α-hetero) is 2. The van der Waals surface area contributed by atoms with Crippen molar-refractivity contribution < 1.29 is 67.8 Å². The first-order valence-corrected chi connectivity index (χ1v) is 23.6. The molecule has 0 heterocycles. The molecule has 17 nitrogen and oxygen atoms in total. The van der Waals surface area contributed by atoms with E-state index in [1.807, 2.05) is 20.8 Å². The standard InChI is InChI=1S/C28H51NO7.C18H34N2O7/c1-2-36-23-17-18-24(30)21-22-25(28(34)35)29-26(31)19-15-13-11-9-7-5-3-4-6-8-10-12-14-16-20-27(32)33;1-3-15(16(22)12-21)6-5-7-19-18(24)14-27-11-10-26-9-8-20-17(23)13-25-4-2/h25H,2-23H2,1H3,(H,29,31)(H,32,33)(H,34,35);15,21H,3-14H2,1-2H3,(H,19,24)(H,20,23)/t25-;15-/m00/s1. The van der Waals surface area contributed by atoms with Crippen molar-refractivity contribution in [3.8, 4) is 0 Å². The number of hydrogen-bond donors (Lipinski definition) is 6. The van der Waals surface area contributed by atoms with Crippen molar-refractivity contribution in [3.05, 3.63) is 0 Å². The number of carboxylic acids is 2. The van der Waals surface area contributed by atoms with Crippen LogP contribution in [0.1, 0.15) is 168 Å². The smallest absolute Gasteiger partial charge is 0.326 e. The van der Waals surface area contributed by atoms with Crippen molar-refractivity contribution in [2.75, 3.05) is 72.6 Å². The zero-order valence-electron chi connectivity index (χ0n) is 39.0. The Kier molecular flexibility index (Phi) is 45.4. The number of nitrogens with one attached hydrogen (secondary N) is 3. The zero-order valence-corrected chi connectivity index (χ0v) is 39.0. The Bertz CT molecular complexity index is 1190. The summed E-state index contributed by atoms with van der Waals surface area (Å²) in [6.45, 7) is 8.65. The number of carboxylic acid groups (broad SMARTS) is 2. The minimum Gasteiger partial charge on any atom is -0.481 e. The van der Waals surface area contributed by atoms with Crippen LogP contribution < -0.4 is 16.0 Å². The maximum absolute atomic E-state index is 12.1. The minimum atomic E-state index is -1.10. The van der Waals surface area contributed by atoms with Crippen LogP contribution in [0.4, 0.5) is 0 Å². The first-order valence-electron chi connectivity index (χ1n) is 23.6. The molecule has 0 unspecified atom stereocenters. The molecule has 0 aliphatic rings. The SMILES string of the molecule is CCOCC(=O)NCCOCCOCC(=O)NCCC[C@H](CC)C(=O)CO.CCOCCCC(=O)CC[C@H](NC(=O)CCCCCCCCCCCCCCCCC(=O)O)C(=O)O. The third-order valence-electron chi connectivity index (χ3n) is 10.1. The van der Waals surface area contributed by atoms with Crippen molar-refractivity contribution in [1.29, 1.82) is 0 Å². The number of rotatable bonds is 45. The van der Waals surface area contributed by atoms with E-state index in [1.165, 1.54) is 44.9 Å². The molecule has 0 fully saturated rings. The Morgan fingerprint density at radius 3 is 1.54 bits per heavy atom. The summed E-state index contributed by atoms with van der Waals surface area (Å²) in [5.74, 6) is -2.76. The first-order chi connectivity index (χ1) is 30.4. The Morgan fingerprint density at radius 2 is 1.02 bits per heavy atom. The number of aliphatic hydroxyl groups is 1. The molecule has 0 aromatic rings. The molecule has 3 amide bonds. The Labute approximate surface area is 377 Å². The number of amides is 3. The Hall–Kier alpha value is -3.51. The molecule has 0 spiro atoms. The highest BCUT2D eigenvalue weighted by molar-refractivity contribution is 5.85. The van der Waals surface area contributed by atoms with Gasteiger partial charge in [0.25, 0.3) is 0 Å². The van der Waals surface area contributed by atoms with E-state index in [-0.39, 0.29) is 74.3 Å². The van der Waals surface area contributed by atoms with Crippen LogP contribution in [0.2, 0.25) is 0 Å². The fourth-order valence-electron chi connectivity index (χ4n) is 6.40. The van der Waals surface area contributed by atoms with Crippen LogP contribution >= 0.6 is 0 Å². The van der Waals surface area contributed by atoms with Crippen molar-refractivity contribution >= 4 is 41.2 Å². The lowest BCUT2D eigenvalue weighted by Gasteiger charge is -2.14. The monoisotopic (exact) mass is 904 g/mol. The lowest BCUT2D eigenvalue weighted by atomic mass is 9.96. The maximum Gasteiger partial charge on any atom is 0.326 e. The average Bonchev–Trinajstić information content (AvgIpc) is 3.26. The summed E-state index contributed by atoms with van der Waals surface area (Å²) >= 11 is 0. The van der Waals surface area contributed by atoms with Gasteiger partial charge in [0.2, 0.25) is 17.7 Å². The highest BCUT2D eigenvalue weighted by atomic mass is 16.5. The Morgan fingerprint density at radius 1 is 0.492 bits per heavy atom. The second-order valence-corrected chi connectivity index (χ2v) is 15.6. The van der Waals surface area contributed by atoms with Gasteiger partial charge in [-0.25, -0.2) is 4.79 Å². The molecule has 2 atom stereocenters. The highest BCUT2D eigenvalue weighted by Gasteiger charge is 2.21. The molecule has 0 aliphatic carbocycles. The van der Waals surface area contributed by atoms with Gasteiger partial charge in [-0.15, -0.1) is 0 Å². The van der Waals surface area contributed by atoms with Gasteiger partial charge in [-0.3, -0.25) is 28.8 Å². The molecule has 0 aliphatic heterocycles. The van der Waals surface area contributed by atoms with Crippen LogP contribution in [0, 0.1) is 5.92 Å². The number of carbonyl (C=O) groups is 7. The summed E-state index contributed by atoms with van der Waals surface area (Å²) in [6.07, 6.45) is 19.5. The molecule has 17 heteroatoms. The van der Waals surface area contributed by atoms with Gasteiger partial charge in [0.05, 0.1) is 19.8 Å². The van der Waals surface area contributed by atoms with Crippen LogP contribution in [0.15, 0.2) is 0 Å². The number of hydrogen-bond acceptors (Lipinski definition) is 12. The largest absolute Gasteiger partial charge is 0.481 e. The van der Waals surface area contributed by atoms with E-state index in [9.17, 15) is 38.7 Å². The molecule has 0 aromatic heterocycles. The van der Waals surface area contributed by atoms with Gasteiger partial charge < -0.3 is 50.2 Å². The second-order valence-electron chi connectivity index (χ2n) is 15.6. The number of unbranched alkanes of at least 4 members (excludes halogenated alkanes) is 13. The molecule has 0 saturated carbocycles. The molecule has 0 radical (unpaired) electrons. The first kappa shape index (κ1) is 61.6. The van der Waals surface area contributed by atoms with Crippen LogP contribution in [-0.2, 0) is 52.5 Å².